The van der Waals surface area contributed by atoms with E-state index in [2.05, 4.69) is 26.6 Å². The van der Waals surface area contributed by atoms with Crippen molar-refractivity contribution in [2.75, 3.05) is 41.3 Å². The van der Waals surface area contributed by atoms with Gasteiger partial charge in [0, 0.05) is 62.2 Å². The van der Waals surface area contributed by atoms with Crippen LogP contribution in [-0.2, 0) is 98.9 Å². The molecule has 0 radical (unpaired) electrons. The first-order valence-electron chi connectivity index (χ1n) is 41.8. The van der Waals surface area contributed by atoms with Crippen molar-refractivity contribution in [1.29, 1.82) is 0 Å². The molecule has 0 aromatic heterocycles. The minimum atomic E-state index is -1.24. The van der Waals surface area contributed by atoms with Crippen molar-refractivity contribution < 1.29 is 91.2 Å². The largest absolute Gasteiger partial charge is 0.480 e. The molecule has 2 unspecified atom stereocenters. The number of allylic oxidation sites excluding steroid dienone is 4. The van der Waals surface area contributed by atoms with Crippen LogP contribution in [0.4, 0.5) is 0 Å². The maximum atomic E-state index is 14.2. The molecule has 18 atom stereocenters. The van der Waals surface area contributed by atoms with Gasteiger partial charge >= 0.3 is 29.8 Å². The number of nitrogens with zero attached hydrogens (tertiary/aromatic N) is 4. The average molecular weight is 1740 g/mol. The van der Waals surface area contributed by atoms with Gasteiger partial charge in [-0.3, -0.25) is 47.9 Å². The number of cyclic esters (lactones) is 2. The lowest BCUT2D eigenvalue weighted by atomic mass is 9.84. The van der Waals surface area contributed by atoms with Crippen LogP contribution >= 0.6 is 23.2 Å². The minimum Gasteiger partial charge on any atom is -0.480 e. The zero-order chi connectivity index (χ0) is 92.5. The van der Waals surface area contributed by atoms with Crippen LogP contribution in [0.15, 0.2) is 95.1 Å². The number of esters is 4. The Bertz CT molecular complexity index is 3980. The van der Waals surface area contributed by atoms with Gasteiger partial charge in [-0.1, -0.05) is 168 Å². The molecule has 0 saturated carbocycles. The molecular formula is C90H138Cl2N10O19. The minimum absolute atomic E-state index is 0.0275. The maximum absolute atomic E-state index is 14.2. The molecule has 8 N–H and O–H groups in total. The Kier molecular flexibility index (Phi) is 46.3. The molecule has 0 saturated heterocycles. The summed E-state index contributed by atoms with van der Waals surface area (Å²) < 4.78 is 23.2. The SMILES string of the molecule is C/C=C(\C)[C@@H](OC(=O)[C@@H](C)N)[C@@H](C)[C@@H](C)C/C=C(\C)C(=O)O[C@H](CC(C)C)C(=O)N[C@@H](C)C(=O)N(C)[C@H](Cc1ccc(Cl)cc1)C(=O)N(C)CC(=O)N[C@H](C(=O)O)C(C)CC.C/C=C(\C)[C@H]1OC(=O)[C@@H](C)NC(=O)[C@H](C(C)CC)NC(=O)CN(C)C(=O)[C@@H](Cc2ccc(Cl)cc2)N(C)C(=O)[C@H](C)NC(=O)[C@@H](CC(C)C)OC(=O)/C(C)=C/C[C@H](C)[C@@H]1C. The number of benzene rings is 2. The Hall–Kier alpha value is -9.48. The summed E-state index contributed by atoms with van der Waals surface area (Å²) in [6, 6.07) is 4.79. The third-order valence-electron chi connectivity index (χ3n) is 22.3. The number of likely N-dealkylation sites (N-methyl/N-ethyl adjacent to an activating group) is 4. The first kappa shape index (κ1) is 108. The third kappa shape index (κ3) is 35.1. The molecule has 676 valence electrons. The summed E-state index contributed by atoms with van der Waals surface area (Å²) in [5.41, 5.74) is 9.31. The lowest BCUT2D eigenvalue weighted by Gasteiger charge is -2.33. The Morgan fingerprint density at radius 3 is 1.81 bits per heavy atom. The Labute approximate surface area is 726 Å². The van der Waals surface area contributed by atoms with E-state index in [4.69, 9.17) is 47.9 Å². The molecule has 1 aliphatic heterocycles. The lowest BCUT2D eigenvalue weighted by Crippen LogP contribution is -2.57. The molecule has 9 amide bonds. The molecule has 31 heteroatoms. The molecule has 121 heavy (non-hydrogen) atoms. The summed E-state index contributed by atoms with van der Waals surface area (Å²) >= 11 is 12.2. The van der Waals surface area contributed by atoms with Crippen molar-refractivity contribution in [1.82, 2.24) is 46.2 Å². The quantitative estimate of drug-likeness (QED) is 0.0160. The third-order valence-corrected chi connectivity index (χ3v) is 22.8. The van der Waals surface area contributed by atoms with Gasteiger partial charge in [-0.15, -0.1) is 0 Å². The molecule has 0 fully saturated rings. The van der Waals surface area contributed by atoms with Crippen molar-refractivity contribution >= 4 is 106 Å². The van der Waals surface area contributed by atoms with Crippen molar-refractivity contribution in [3.8, 4) is 0 Å². The zero-order valence-electron chi connectivity index (χ0n) is 76.0. The fraction of sp³-hybridized carbons (Fsp3) is 0.622. The van der Waals surface area contributed by atoms with E-state index in [1.165, 1.54) is 63.7 Å². The predicted octanol–water partition coefficient (Wildman–Crippen LogP) is 10.2. The Morgan fingerprint density at radius 1 is 0.719 bits per heavy atom. The Balaban J connectivity index is 0.000000820. The standard InChI is InChI=1S/C45H70ClN5O10.C45H68ClN5O9/c1-14-26(5)38(43(56)57)49-37(52)24-50(12)42(55)35(23-33-18-20-34(46)21-19-33)51(13)41(54)32(11)48-40(53)36(22-25(3)4)60-44(58)29(8)17-16-28(7)30(9)39(27(6)15-2)61-45(59)31(10)47;1-14-26(5)38-41(54)48-32(11)45(58)60-39(27(6)15-2)30(9)28(7)16-17-29(8)44(57)59-36(22-25(3)4)40(53)47-31(10)42(55)51(13)35(23-33-18-20-34(46)21-19-33)43(56)50(12)24-37(52)49-38/h15,17-21,25-26,28,30-32,35-36,38-39H,14,16,22-24,47H2,1-13H3,(H,48,53)(H,49,52)(H,56,57);15,17-21,25-26,28,30-32,35-36,38-39H,14,16,22-24H2,1-13H3,(H,47,53)(H,48,54)(H,49,52)/b2*27-15+,29-17+/t26?,28-,30-,31+,32-,35+,36+,38-,39+;26?,28-,30-,31-,32+,35+,36+,38-,39+/m00/s1. The number of aliphatic carboxylic acids is 1. The Morgan fingerprint density at radius 2 is 1.29 bits per heavy atom. The van der Waals surface area contributed by atoms with E-state index in [-0.39, 0.29) is 84.2 Å². The second-order valence-electron chi connectivity index (χ2n) is 33.4. The number of rotatable bonds is 31. The van der Waals surface area contributed by atoms with Gasteiger partial charge in [-0.2, -0.15) is 0 Å². The molecule has 0 bridgehead atoms. The highest BCUT2D eigenvalue weighted by Gasteiger charge is 2.40. The van der Waals surface area contributed by atoms with Crippen molar-refractivity contribution in [3.05, 3.63) is 116 Å². The topological polar surface area (TPSA) is 395 Å². The number of hydrogen-bond donors (Lipinski definition) is 7. The first-order chi connectivity index (χ1) is 56.4. The molecule has 2 aromatic carbocycles. The van der Waals surface area contributed by atoms with Crippen LogP contribution < -0.4 is 32.3 Å². The van der Waals surface area contributed by atoms with E-state index in [0.29, 0.717) is 46.9 Å². The molecule has 1 heterocycles. The van der Waals surface area contributed by atoms with Gasteiger partial charge in [-0.05, 0) is 189 Å². The monoisotopic (exact) mass is 1730 g/mol. The number of carbonyl (C=O) groups excluding carboxylic acids is 13. The van der Waals surface area contributed by atoms with Gasteiger partial charge in [0.25, 0.3) is 11.8 Å². The summed E-state index contributed by atoms with van der Waals surface area (Å²) in [4.78, 5) is 193. The van der Waals surface area contributed by atoms with Crippen LogP contribution in [-0.4, -0.2) is 222 Å². The molecular weight excluding hydrogens is 1600 g/mol. The number of amides is 9. The smallest absolute Gasteiger partial charge is 0.334 e. The highest BCUT2D eigenvalue weighted by Crippen LogP contribution is 2.30. The summed E-state index contributed by atoms with van der Waals surface area (Å²) in [5.74, 6) is -10.8. The van der Waals surface area contributed by atoms with Crippen LogP contribution in [0.5, 0.6) is 0 Å². The van der Waals surface area contributed by atoms with Crippen molar-refractivity contribution in [2.45, 2.75) is 276 Å². The van der Waals surface area contributed by atoms with Crippen LogP contribution in [0, 0.1) is 47.3 Å². The van der Waals surface area contributed by atoms with Gasteiger partial charge < -0.3 is 76.0 Å². The van der Waals surface area contributed by atoms with E-state index in [1.54, 1.807) is 102 Å². The summed E-state index contributed by atoms with van der Waals surface area (Å²) in [6.45, 7) is 38.2. The van der Waals surface area contributed by atoms with E-state index in [9.17, 15) is 72.2 Å². The summed E-state index contributed by atoms with van der Waals surface area (Å²) in [6.07, 6.45) is 5.86. The molecule has 1 aliphatic rings. The number of carboxylic acid groups (broad SMARTS) is 1. The number of nitrogens with two attached hydrogens (primary N) is 1. The molecule has 0 aliphatic carbocycles. The van der Waals surface area contributed by atoms with Gasteiger partial charge in [0.15, 0.2) is 12.2 Å². The van der Waals surface area contributed by atoms with E-state index in [0.717, 1.165) is 16.0 Å². The van der Waals surface area contributed by atoms with Crippen LogP contribution in [0.25, 0.3) is 0 Å². The number of halogens is 2. The lowest BCUT2D eigenvalue weighted by molar-refractivity contribution is -0.154. The van der Waals surface area contributed by atoms with Gasteiger partial charge in [-0.25, -0.2) is 19.2 Å². The fourth-order valence-electron chi connectivity index (χ4n) is 13.1. The number of nitrogens with one attached hydrogen (secondary N) is 5. The van der Waals surface area contributed by atoms with Gasteiger partial charge in [0.05, 0.1) is 13.1 Å². The van der Waals surface area contributed by atoms with E-state index < -0.39 is 169 Å². The van der Waals surface area contributed by atoms with E-state index >= 15 is 0 Å². The number of carboxylic acids is 1. The number of carbonyl (C=O) groups is 14. The second kappa shape index (κ2) is 52.1. The van der Waals surface area contributed by atoms with Crippen molar-refractivity contribution in [2.24, 2.45) is 53.1 Å². The van der Waals surface area contributed by atoms with Gasteiger partial charge in [0.1, 0.15) is 60.5 Å². The highest BCUT2D eigenvalue weighted by molar-refractivity contribution is 6.30. The molecule has 29 nitrogen and oxygen atoms in total. The summed E-state index contributed by atoms with van der Waals surface area (Å²) in [5, 5.41) is 23.9. The van der Waals surface area contributed by atoms with Crippen LogP contribution in [0.2, 0.25) is 10.0 Å². The average Bonchev–Trinajstić information content (AvgIpc) is 0.838. The van der Waals surface area contributed by atoms with Crippen molar-refractivity contribution in [3.63, 3.8) is 0 Å². The second-order valence-corrected chi connectivity index (χ2v) is 34.3. The summed E-state index contributed by atoms with van der Waals surface area (Å²) in [7, 11) is 5.64. The highest BCUT2D eigenvalue weighted by atomic mass is 35.5. The fourth-order valence-corrected chi connectivity index (χ4v) is 13.3. The molecule has 3 rings (SSSR count). The zero-order valence-corrected chi connectivity index (χ0v) is 77.5. The maximum Gasteiger partial charge on any atom is 0.334 e. The number of hydrogen-bond acceptors (Lipinski definition) is 19. The van der Waals surface area contributed by atoms with Crippen LogP contribution in [0.3, 0.4) is 0 Å². The number of ether oxygens (including phenoxy) is 4. The molecule has 0 spiro atoms. The molecule has 2 aromatic rings. The van der Waals surface area contributed by atoms with Gasteiger partial charge in [0.2, 0.25) is 41.4 Å². The van der Waals surface area contributed by atoms with E-state index in [1.807, 2.05) is 102 Å². The first-order valence-corrected chi connectivity index (χ1v) is 42.6. The predicted molar refractivity (Wildman–Crippen MR) is 466 cm³/mol. The van der Waals surface area contributed by atoms with Crippen LogP contribution in [0.1, 0.15) is 202 Å². The normalized spacial score (nSPS) is 22.4.